The first kappa shape index (κ1) is 23.7. The number of rotatable bonds is 6. The zero-order valence-electron chi connectivity index (χ0n) is 20.0. The summed E-state index contributed by atoms with van der Waals surface area (Å²) in [6, 6.07) is 27.9. The molecule has 0 atom stereocenters. The highest BCUT2D eigenvalue weighted by molar-refractivity contribution is 6.22. The summed E-state index contributed by atoms with van der Waals surface area (Å²) in [6.45, 7) is 1.91. The molecule has 0 bridgehead atoms. The van der Waals surface area contributed by atoms with Crippen molar-refractivity contribution in [3.63, 3.8) is 0 Å². The van der Waals surface area contributed by atoms with Gasteiger partial charge in [0.15, 0.2) is 0 Å². The van der Waals surface area contributed by atoms with Crippen LogP contribution in [0.25, 0.3) is 0 Å². The molecular formula is C30H23N3O4. The summed E-state index contributed by atoms with van der Waals surface area (Å²) in [7, 11) is 0. The minimum atomic E-state index is -0.451. The van der Waals surface area contributed by atoms with Gasteiger partial charge in [-0.3, -0.25) is 24.1 Å². The third-order valence-corrected chi connectivity index (χ3v) is 6.27. The van der Waals surface area contributed by atoms with Crippen LogP contribution >= 0.6 is 0 Å². The number of anilines is 2. The van der Waals surface area contributed by atoms with Crippen LogP contribution in [0.4, 0.5) is 11.4 Å². The Morgan fingerprint density at radius 1 is 0.703 bits per heavy atom. The first-order valence-electron chi connectivity index (χ1n) is 11.7. The van der Waals surface area contributed by atoms with E-state index < -0.39 is 11.8 Å². The van der Waals surface area contributed by atoms with E-state index in [9.17, 15) is 19.2 Å². The SMILES string of the molecule is Cc1c(NC(=O)c2ccc3c(c2)C(=O)N(Cc2ccccc2)C3=O)cccc1C(=O)Nc1ccccc1. The van der Waals surface area contributed by atoms with Crippen molar-refractivity contribution in [2.24, 2.45) is 0 Å². The second-order valence-electron chi connectivity index (χ2n) is 8.69. The third kappa shape index (κ3) is 4.75. The standard InChI is InChI=1S/C30H23N3O4/c1-19-23(28(35)31-22-11-6-3-7-12-22)13-8-14-26(19)32-27(34)21-15-16-24-25(17-21)30(37)33(29(24)36)18-20-9-4-2-5-10-20/h2-17H,18H2,1H3,(H,31,35)(H,32,34). The lowest BCUT2D eigenvalue weighted by Gasteiger charge is -2.13. The van der Waals surface area contributed by atoms with E-state index in [2.05, 4.69) is 10.6 Å². The first-order chi connectivity index (χ1) is 17.9. The summed E-state index contributed by atoms with van der Waals surface area (Å²) in [4.78, 5) is 52.9. The minimum absolute atomic E-state index is 0.158. The van der Waals surface area contributed by atoms with E-state index in [0.717, 1.165) is 5.56 Å². The Morgan fingerprint density at radius 2 is 1.38 bits per heavy atom. The number of hydrogen-bond acceptors (Lipinski definition) is 4. The number of hydrogen-bond donors (Lipinski definition) is 2. The van der Waals surface area contributed by atoms with Gasteiger partial charge in [-0.2, -0.15) is 0 Å². The number of benzene rings is 4. The monoisotopic (exact) mass is 489 g/mol. The molecule has 0 aliphatic carbocycles. The first-order valence-corrected chi connectivity index (χ1v) is 11.7. The number of imide groups is 1. The van der Waals surface area contributed by atoms with Gasteiger partial charge in [-0.15, -0.1) is 0 Å². The van der Waals surface area contributed by atoms with E-state index in [-0.39, 0.29) is 35.0 Å². The lowest BCUT2D eigenvalue weighted by molar-refractivity contribution is 0.0642. The Kier molecular flexibility index (Phi) is 6.34. The highest BCUT2D eigenvalue weighted by atomic mass is 16.2. The Morgan fingerprint density at radius 3 is 2.11 bits per heavy atom. The molecule has 4 amide bonds. The van der Waals surface area contributed by atoms with Crippen LogP contribution in [-0.2, 0) is 6.54 Å². The van der Waals surface area contributed by atoms with Crippen LogP contribution < -0.4 is 10.6 Å². The highest BCUT2D eigenvalue weighted by Crippen LogP contribution is 2.27. The Bertz CT molecular complexity index is 1530. The van der Waals surface area contributed by atoms with Crippen molar-refractivity contribution in [2.45, 2.75) is 13.5 Å². The van der Waals surface area contributed by atoms with Gasteiger partial charge >= 0.3 is 0 Å². The summed E-state index contributed by atoms with van der Waals surface area (Å²) in [5.41, 5.74) is 3.70. The van der Waals surface area contributed by atoms with Crippen molar-refractivity contribution >= 4 is 35.0 Å². The van der Waals surface area contributed by atoms with Crippen molar-refractivity contribution < 1.29 is 19.2 Å². The second-order valence-corrected chi connectivity index (χ2v) is 8.69. The minimum Gasteiger partial charge on any atom is -0.322 e. The fourth-order valence-corrected chi connectivity index (χ4v) is 4.27. The van der Waals surface area contributed by atoms with Crippen LogP contribution in [0.5, 0.6) is 0 Å². The molecule has 1 aliphatic heterocycles. The Hall–Kier alpha value is -5.04. The van der Waals surface area contributed by atoms with E-state index in [0.29, 0.717) is 22.5 Å². The quantitative estimate of drug-likeness (QED) is 0.360. The normalized spacial score (nSPS) is 12.3. The van der Waals surface area contributed by atoms with Crippen LogP contribution in [0.2, 0.25) is 0 Å². The van der Waals surface area contributed by atoms with Crippen LogP contribution in [0.15, 0.2) is 97.1 Å². The number of fused-ring (bicyclic) bond motifs is 1. The molecule has 182 valence electrons. The predicted molar refractivity (Wildman–Crippen MR) is 141 cm³/mol. The Balaban J connectivity index is 1.34. The topological polar surface area (TPSA) is 95.6 Å². The van der Waals surface area contributed by atoms with Gasteiger partial charge in [0.25, 0.3) is 23.6 Å². The predicted octanol–water partition coefficient (Wildman–Crippen LogP) is 5.30. The Labute approximate surface area is 213 Å². The van der Waals surface area contributed by atoms with E-state index in [1.807, 2.05) is 48.5 Å². The lowest BCUT2D eigenvalue weighted by Crippen LogP contribution is -2.29. The molecule has 7 nitrogen and oxygen atoms in total. The van der Waals surface area contributed by atoms with Gasteiger partial charge in [-0.05, 0) is 60.5 Å². The summed E-state index contributed by atoms with van der Waals surface area (Å²) in [5.74, 6) is -1.56. The molecule has 4 aromatic rings. The average molecular weight is 490 g/mol. The van der Waals surface area contributed by atoms with Crippen molar-refractivity contribution in [1.82, 2.24) is 4.90 Å². The van der Waals surface area contributed by atoms with Crippen LogP contribution in [0.1, 0.15) is 52.6 Å². The van der Waals surface area contributed by atoms with Crippen molar-refractivity contribution in [1.29, 1.82) is 0 Å². The number of nitrogens with one attached hydrogen (secondary N) is 2. The molecule has 0 unspecified atom stereocenters. The van der Waals surface area contributed by atoms with Crippen LogP contribution in [0.3, 0.4) is 0 Å². The number of amides is 4. The van der Waals surface area contributed by atoms with Gasteiger partial charge in [0, 0.05) is 22.5 Å². The van der Waals surface area contributed by atoms with Gasteiger partial charge in [-0.25, -0.2) is 0 Å². The van der Waals surface area contributed by atoms with E-state index >= 15 is 0 Å². The molecule has 0 saturated heterocycles. The van der Waals surface area contributed by atoms with Crippen LogP contribution in [0, 0.1) is 6.92 Å². The number of nitrogens with zero attached hydrogens (tertiary/aromatic N) is 1. The van der Waals surface area contributed by atoms with Gasteiger partial charge in [0.1, 0.15) is 0 Å². The van der Waals surface area contributed by atoms with Crippen molar-refractivity contribution in [2.75, 3.05) is 10.6 Å². The zero-order valence-corrected chi connectivity index (χ0v) is 20.0. The summed E-state index contributed by atoms with van der Waals surface area (Å²) in [6.07, 6.45) is 0. The fraction of sp³-hybridized carbons (Fsp3) is 0.0667. The molecule has 1 aliphatic rings. The summed E-state index contributed by atoms with van der Waals surface area (Å²) in [5, 5.41) is 5.67. The molecule has 1 heterocycles. The maximum Gasteiger partial charge on any atom is 0.261 e. The summed E-state index contributed by atoms with van der Waals surface area (Å²) >= 11 is 0. The molecule has 4 aromatic carbocycles. The smallest absolute Gasteiger partial charge is 0.261 e. The maximum absolute atomic E-state index is 13.1. The molecule has 0 spiro atoms. The molecule has 0 saturated carbocycles. The number of para-hydroxylation sites is 1. The lowest BCUT2D eigenvalue weighted by atomic mass is 10.0. The average Bonchev–Trinajstić information content (AvgIpc) is 3.15. The molecule has 0 aromatic heterocycles. The number of carbonyl (C=O) groups excluding carboxylic acids is 4. The molecule has 2 N–H and O–H groups in total. The molecule has 37 heavy (non-hydrogen) atoms. The zero-order chi connectivity index (χ0) is 25.9. The van der Waals surface area contributed by atoms with E-state index in [1.165, 1.54) is 23.1 Å². The molecular weight excluding hydrogens is 466 g/mol. The van der Waals surface area contributed by atoms with Gasteiger partial charge < -0.3 is 10.6 Å². The molecule has 5 rings (SSSR count). The second kappa shape index (κ2) is 9.91. The largest absolute Gasteiger partial charge is 0.322 e. The maximum atomic E-state index is 13.1. The fourth-order valence-electron chi connectivity index (χ4n) is 4.27. The van der Waals surface area contributed by atoms with Crippen molar-refractivity contribution in [3.8, 4) is 0 Å². The molecule has 7 heteroatoms. The van der Waals surface area contributed by atoms with Crippen molar-refractivity contribution in [3.05, 3.63) is 130 Å². The number of carbonyl (C=O) groups is 4. The third-order valence-electron chi connectivity index (χ3n) is 6.27. The highest BCUT2D eigenvalue weighted by Gasteiger charge is 2.36. The molecule has 0 radical (unpaired) electrons. The van der Waals surface area contributed by atoms with Gasteiger partial charge in [0.05, 0.1) is 17.7 Å². The van der Waals surface area contributed by atoms with Crippen LogP contribution in [-0.4, -0.2) is 28.5 Å². The van der Waals surface area contributed by atoms with Gasteiger partial charge in [-0.1, -0.05) is 54.6 Å². The van der Waals surface area contributed by atoms with Gasteiger partial charge in [0.2, 0.25) is 0 Å². The van der Waals surface area contributed by atoms with E-state index in [4.69, 9.17) is 0 Å². The summed E-state index contributed by atoms with van der Waals surface area (Å²) < 4.78 is 0. The van der Waals surface area contributed by atoms with E-state index in [1.54, 1.807) is 37.3 Å². The molecule has 0 fully saturated rings.